The predicted octanol–water partition coefficient (Wildman–Crippen LogP) is 2.29. The molecule has 1 amide bonds. The van der Waals surface area contributed by atoms with Crippen LogP contribution in [0.1, 0.15) is 30.7 Å². The SMILES string of the molecule is CN1CC2(CCN(c3cc(N)ncn3)CC2)C[C@H](c2ccccc2)C1=O. The van der Waals surface area contributed by atoms with Gasteiger partial charge in [-0.15, -0.1) is 0 Å². The van der Waals surface area contributed by atoms with Gasteiger partial charge in [-0.3, -0.25) is 4.79 Å². The summed E-state index contributed by atoms with van der Waals surface area (Å²) in [5.74, 6) is 1.61. The third-order valence-electron chi connectivity index (χ3n) is 5.91. The highest BCUT2D eigenvalue weighted by atomic mass is 16.2. The molecule has 1 atom stereocenters. The van der Waals surface area contributed by atoms with E-state index in [9.17, 15) is 4.79 Å². The van der Waals surface area contributed by atoms with Crippen molar-refractivity contribution in [1.29, 1.82) is 0 Å². The van der Waals surface area contributed by atoms with Crippen molar-refractivity contribution in [2.45, 2.75) is 25.2 Å². The van der Waals surface area contributed by atoms with Crippen molar-refractivity contribution < 1.29 is 4.79 Å². The third kappa shape index (κ3) is 3.11. The van der Waals surface area contributed by atoms with Crippen molar-refractivity contribution in [3.8, 4) is 0 Å². The van der Waals surface area contributed by atoms with Crippen LogP contribution in [0.2, 0.25) is 0 Å². The summed E-state index contributed by atoms with van der Waals surface area (Å²) in [7, 11) is 1.94. The number of anilines is 2. The summed E-state index contributed by atoms with van der Waals surface area (Å²) < 4.78 is 0. The quantitative estimate of drug-likeness (QED) is 0.898. The van der Waals surface area contributed by atoms with Gasteiger partial charge in [0.25, 0.3) is 0 Å². The molecule has 4 rings (SSSR count). The smallest absolute Gasteiger partial charge is 0.229 e. The van der Waals surface area contributed by atoms with E-state index in [1.54, 1.807) is 0 Å². The number of carbonyl (C=O) groups excluding carboxylic acids is 1. The fraction of sp³-hybridized carbons (Fsp3) is 0.450. The molecule has 0 bridgehead atoms. The van der Waals surface area contributed by atoms with Crippen LogP contribution < -0.4 is 10.6 Å². The van der Waals surface area contributed by atoms with Crippen molar-refractivity contribution in [2.75, 3.05) is 37.3 Å². The van der Waals surface area contributed by atoms with Gasteiger partial charge in [0.15, 0.2) is 0 Å². The van der Waals surface area contributed by atoms with E-state index in [2.05, 4.69) is 27.0 Å². The Morgan fingerprint density at radius 3 is 2.58 bits per heavy atom. The average Bonchev–Trinajstić information content (AvgIpc) is 2.66. The Kier molecular flexibility index (Phi) is 4.26. The summed E-state index contributed by atoms with van der Waals surface area (Å²) in [5, 5.41) is 0. The minimum absolute atomic E-state index is 0.0313. The number of nitrogens with two attached hydrogens (primary N) is 1. The molecule has 0 saturated carbocycles. The minimum atomic E-state index is -0.0313. The van der Waals surface area contributed by atoms with E-state index >= 15 is 0 Å². The number of nitrogens with zero attached hydrogens (tertiary/aromatic N) is 4. The molecule has 0 radical (unpaired) electrons. The first-order chi connectivity index (χ1) is 12.6. The van der Waals surface area contributed by atoms with Gasteiger partial charge in [0, 0.05) is 32.7 Å². The Labute approximate surface area is 154 Å². The molecule has 2 saturated heterocycles. The van der Waals surface area contributed by atoms with Crippen LogP contribution in [0.5, 0.6) is 0 Å². The van der Waals surface area contributed by atoms with E-state index in [4.69, 9.17) is 5.73 Å². The van der Waals surface area contributed by atoms with Crippen LogP contribution in [0.25, 0.3) is 0 Å². The van der Waals surface area contributed by atoms with E-state index < -0.39 is 0 Å². The Bertz CT molecular complexity index is 786. The molecule has 2 aromatic rings. The molecule has 136 valence electrons. The molecule has 2 aliphatic heterocycles. The van der Waals surface area contributed by atoms with E-state index in [0.717, 1.165) is 50.3 Å². The predicted molar refractivity (Wildman–Crippen MR) is 102 cm³/mol. The molecule has 0 unspecified atom stereocenters. The molecule has 2 fully saturated rings. The monoisotopic (exact) mass is 351 g/mol. The minimum Gasteiger partial charge on any atom is -0.384 e. The van der Waals surface area contributed by atoms with Gasteiger partial charge in [-0.1, -0.05) is 30.3 Å². The molecule has 6 heteroatoms. The summed E-state index contributed by atoms with van der Waals surface area (Å²) in [6.07, 6.45) is 4.56. The molecular weight excluding hydrogens is 326 g/mol. The zero-order chi connectivity index (χ0) is 18.1. The second-order valence-electron chi connectivity index (χ2n) is 7.65. The number of nitrogen functional groups attached to an aromatic ring is 1. The standard InChI is InChI=1S/C20H25N5O/c1-24-13-20(12-16(19(24)26)15-5-3-2-4-6-15)7-9-25(10-8-20)18-11-17(21)22-14-23-18/h2-6,11,14,16H,7-10,12-13H2,1H3,(H2,21,22,23)/t16-/m1/s1. The first kappa shape index (κ1) is 16.8. The second-order valence-corrected chi connectivity index (χ2v) is 7.65. The number of benzene rings is 1. The maximum absolute atomic E-state index is 12.8. The van der Waals surface area contributed by atoms with Crippen LogP contribution in [0.15, 0.2) is 42.7 Å². The maximum Gasteiger partial charge on any atom is 0.229 e. The normalized spacial score (nSPS) is 22.7. The van der Waals surface area contributed by atoms with E-state index in [1.807, 2.05) is 36.2 Å². The number of amides is 1. The van der Waals surface area contributed by atoms with Crippen LogP contribution >= 0.6 is 0 Å². The summed E-state index contributed by atoms with van der Waals surface area (Å²) >= 11 is 0. The molecule has 0 aliphatic carbocycles. The summed E-state index contributed by atoms with van der Waals surface area (Å²) in [5.41, 5.74) is 7.11. The lowest BCUT2D eigenvalue weighted by molar-refractivity contribution is -0.138. The van der Waals surface area contributed by atoms with Gasteiger partial charge in [0.2, 0.25) is 5.91 Å². The largest absolute Gasteiger partial charge is 0.384 e. The van der Waals surface area contributed by atoms with Crippen molar-refractivity contribution in [1.82, 2.24) is 14.9 Å². The number of likely N-dealkylation sites (tertiary alicyclic amines) is 1. The summed E-state index contributed by atoms with van der Waals surface area (Å²) in [6, 6.07) is 12.0. The van der Waals surface area contributed by atoms with Gasteiger partial charge in [-0.25, -0.2) is 9.97 Å². The lowest BCUT2D eigenvalue weighted by Crippen LogP contribution is -2.53. The third-order valence-corrected chi connectivity index (χ3v) is 5.91. The molecule has 1 aromatic heterocycles. The Hall–Kier alpha value is -2.63. The van der Waals surface area contributed by atoms with Crippen LogP contribution in [0.4, 0.5) is 11.6 Å². The molecule has 1 aromatic carbocycles. The highest BCUT2D eigenvalue weighted by Crippen LogP contribution is 2.45. The van der Waals surface area contributed by atoms with Crippen molar-refractivity contribution in [3.05, 3.63) is 48.3 Å². The van der Waals surface area contributed by atoms with Gasteiger partial charge in [0.05, 0.1) is 5.92 Å². The number of likely N-dealkylation sites (N-methyl/N-ethyl adjacent to an activating group) is 1. The van der Waals surface area contributed by atoms with Crippen molar-refractivity contribution in [3.63, 3.8) is 0 Å². The van der Waals surface area contributed by atoms with Gasteiger partial charge in [0.1, 0.15) is 18.0 Å². The maximum atomic E-state index is 12.8. The molecule has 1 spiro atoms. The number of hydrogen-bond donors (Lipinski definition) is 1. The lowest BCUT2D eigenvalue weighted by Gasteiger charge is -2.49. The number of aromatic nitrogens is 2. The van der Waals surface area contributed by atoms with Crippen LogP contribution in [0, 0.1) is 5.41 Å². The van der Waals surface area contributed by atoms with Crippen LogP contribution in [-0.4, -0.2) is 47.5 Å². The zero-order valence-electron chi connectivity index (χ0n) is 15.1. The van der Waals surface area contributed by atoms with Gasteiger partial charge in [-0.05, 0) is 30.2 Å². The first-order valence-electron chi connectivity index (χ1n) is 9.19. The summed E-state index contributed by atoms with van der Waals surface area (Å²) in [6.45, 7) is 2.70. The van der Waals surface area contributed by atoms with Crippen LogP contribution in [-0.2, 0) is 4.79 Å². The lowest BCUT2D eigenvalue weighted by atomic mass is 9.68. The van der Waals surface area contributed by atoms with Gasteiger partial charge in [-0.2, -0.15) is 0 Å². The molecule has 2 N–H and O–H groups in total. The molecule has 3 heterocycles. The van der Waals surface area contributed by atoms with Crippen LogP contribution in [0.3, 0.4) is 0 Å². The molecule has 6 nitrogen and oxygen atoms in total. The van der Waals surface area contributed by atoms with E-state index in [1.165, 1.54) is 6.33 Å². The Morgan fingerprint density at radius 1 is 1.15 bits per heavy atom. The van der Waals surface area contributed by atoms with Crippen molar-refractivity contribution in [2.24, 2.45) is 5.41 Å². The van der Waals surface area contributed by atoms with E-state index in [0.29, 0.717) is 5.82 Å². The van der Waals surface area contributed by atoms with Crippen molar-refractivity contribution >= 4 is 17.5 Å². The number of carbonyl (C=O) groups is 1. The van der Waals surface area contributed by atoms with Gasteiger partial charge < -0.3 is 15.5 Å². The number of rotatable bonds is 2. The fourth-order valence-electron chi connectivity index (χ4n) is 4.48. The first-order valence-corrected chi connectivity index (χ1v) is 9.19. The highest BCUT2D eigenvalue weighted by molar-refractivity contribution is 5.84. The Morgan fingerprint density at radius 2 is 1.88 bits per heavy atom. The molecular formula is C20H25N5O. The molecule has 2 aliphatic rings. The zero-order valence-corrected chi connectivity index (χ0v) is 15.1. The topological polar surface area (TPSA) is 75.3 Å². The average molecular weight is 351 g/mol. The van der Waals surface area contributed by atoms with Gasteiger partial charge >= 0.3 is 0 Å². The van der Waals surface area contributed by atoms with E-state index in [-0.39, 0.29) is 17.2 Å². The summed E-state index contributed by atoms with van der Waals surface area (Å²) in [4.78, 5) is 25.3. The second kappa shape index (κ2) is 6.59. The Balaban J connectivity index is 1.51. The highest BCUT2D eigenvalue weighted by Gasteiger charge is 2.45. The molecule has 26 heavy (non-hydrogen) atoms. The number of hydrogen-bond acceptors (Lipinski definition) is 5. The fourth-order valence-corrected chi connectivity index (χ4v) is 4.48. The number of piperidine rings is 2.